The van der Waals surface area contributed by atoms with Crippen molar-refractivity contribution in [3.8, 4) is 0 Å². The molecule has 0 amide bonds. The average Bonchev–Trinajstić information content (AvgIpc) is 2.90. The van der Waals surface area contributed by atoms with Gasteiger partial charge in [-0.1, -0.05) is 22.9 Å². The summed E-state index contributed by atoms with van der Waals surface area (Å²) in [6.07, 6.45) is 0.475. The highest BCUT2D eigenvalue weighted by Crippen LogP contribution is 2.22. The van der Waals surface area contributed by atoms with E-state index in [2.05, 4.69) is 35.3 Å². The summed E-state index contributed by atoms with van der Waals surface area (Å²) in [5, 5.41) is 3.97. The third-order valence-corrected chi connectivity index (χ3v) is 3.86. The van der Waals surface area contributed by atoms with Gasteiger partial charge < -0.3 is 15.0 Å². The fourth-order valence-electron chi connectivity index (χ4n) is 1.74. The maximum Gasteiger partial charge on any atom is 0.229 e. The van der Waals surface area contributed by atoms with E-state index >= 15 is 0 Å². The minimum Gasteiger partial charge on any atom is -0.380 e. The predicted molar refractivity (Wildman–Crippen MR) is 78.6 cm³/mol. The molecule has 0 bridgehead atoms. The van der Waals surface area contributed by atoms with Crippen molar-refractivity contribution in [2.45, 2.75) is 30.1 Å². The first-order valence-corrected chi connectivity index (χ1v) is 7.43. The summed E-state index contributed by atoms with van der Waals surface area (Å²) in [5.41, 5.74) is 6.81. The first kappa shape index (κ1) is 15.0. The highest BCUT2D eigenvalue weighted by molar-refractivity contribution is 7.98. The van der Waals surface area contributed by atoms with E-state index in [4.69, 9.17) is 15.0 Å². The molecular weight excluding hydrogens is 274 g/mol. The van der Waals surface area contributed by atoms with Crippen LogP contribution in [0.15, 0.2) is 33.7 Å². The summed E-state index contributed by atoms with van der Waals surface area (Å²) in [6, 6.07) is 8.34. The topological polar surface area (TPSA) is 74.2 Å². The van der Waals surface area contributed by atoms with Gasteiger partial charge >= 0.3 is 0 Å². The summed E-state index contributed by atoms with van der Waals surface area (Å²) >= 11 is 1.69. The molecule has 2 N–H and O–H groups in total. The van der Waals surface area contributed by atoms with Crippen LogP contribution in [0.1, 0.15) is 17.3 Å². The minimum atomic E-state index is -0.0762. The number of aromatic nitrogens is 2. The molecule has 0 saturated heterocycles. The molecule has 6 heteroatoms. The van der Waals surface area contributed by atoms with Crippen molar-refractivity contribution in [2.75, 3.05) is 13.7 Å². The number of benzene rings is 1. The highest BCUT2D eigenvalue weighted by Gasteiger charge is 2.12. The molecule has 0 radical (unpaired) electrons. The fourth-order valence-corrected chi connectivity index (χ4v) is 2.60. The van der Waals surface area contributed by atoms with E-state index in [9.17, 15) is 0 Å². The monoisotopic (exact) mass is 293 g/mol. The van der Waals surface area contributed by atoms with Gasteiger partial charge in [-0.15, -0.1) is 11.8 Å². The molecule has 20 heavy (non-hydrogen) atoms. The van der Waals surface area contributed by atoms with Gasteiger partial charge in [-0.05, 0) is 19.1 Å². The fraction of sp³-hybridized carbons (Fsp3) is 0.429. The molecule has 2 rings (SSSR count). The van der Waals surface area contributed by atoms with Crippen molar-refractivity contribution < 1.29 is 9.26 Å². The molecule has 5 nitrogen and oxygen atoms in total. The normalized spacial score (nSPS) is 12.6. The maximum absolute atomic E-state index is 5.57. The zero-order valence-electron chi connectivity index (χ0n) is 11.7. The van der Waals surface area contributed by atoms with Crippen LogP contribution in [0.25, 0.3) is 0 Å². The summed E-state index contributed by atoms with van der Waals surface area (Å²) in [5.74, 6) is 1.95. The van der Waals surface area contributed by atoms with Crippen LogP contribution in [0.5, 0.6) is 0 Å². The lowest BCUT2D eigenvalue weighted by Gasteiger charge is -2.08. The van der Waals surface area contributed by atoms with Gasteiger partial charge in [0.05, 0.1) is 18.3 Å². The number of nitrogens with two attached hydrogens (primary N) is 1. The van der Waals surface area contributed by atoms with E-state index in [0.717, 1.165) is 0 Å². The molecule has 2 aromatic rings. The van der Waals surface area contributed by atoms with Gasteiger partial charge in [0.15, 0.2) is 5.82 Å². The molecule has 0 fully saturated rings. The zero-order valence-corrected chi connectivity index (χ0v) is 12.5. The van der Waals surface area contributed by atoms with Crippen LogP contribution in [-0.2, 0) is 16.9 Å². The van der Waals surface area contributed by atoms with Crippen LogP contribution < -0.4 is 5.73 Å². The van der Waals surface area contributed by atoms with Crippen molar-refractivity contribution in [1.29, 1.82) is 0 Å². The van der Waals surface area contributed by atoms with Crippen LogP contribution in [-0.4, -0.2) is 29.9 Å². The Bertz CT molecular complexity index is 541. The Morgan fingerprint density at radius 1 is 1.45 bits per heavy atom. The van der Waals surface area contributed by atoms with Gasteiger partial charge in [0.25, 0.3) is 0 Å². The van der Waals surface area contributed by atoms with Crippen molar-refractivity contribution in [3.05, 3.63) is 41.5 Å². The molecule has 0 aliphatic rings. The van der Waals surface area contributed by atoms with Crippen molar-refractivity contribution in [2.24, 2.45) is 5.73 Å². The van der Waals surface area contributed by atoms with Gasteiger partial charge in [-0.25, -0.2) is 0 Å². The van der Waals surface area contributed by atoms with E-state index in [1.165, 1.54) is 10.5 Å². The standard InChI is InChI=1S/C14H19N3O2S/c1-10-4-3-5-12(6-10)20-9-13-16-14(19-17-13)7-11(8-15)18-2/h3-6,11H,7-9,15H2,1-2H3. The molecule has 0 saturated carbocycles. The largest absolute Gasteiger partial charge is 0.380 e. The van der Waals surface area contributed by atoms with Crippen LogP contribution >= 0.6 is 11.8 Å². The van der Waals surface area contributed by atoms with Crippen LogP contribution in [0.4, 0.5) is 0 Å². The lowest BCUT2D eigenvalue weighted by molar-refractivity contribution is 0.102. The first-order chi connectivity index (χ1) is 9.71. The Balaban J connectivity index is 1.89. The van der Waals surface area contributed by atoms with E-state index in [-0.39, 0.29) is 6.10 Å². The summed E-state index contributed by atoms with van der Waals surface area (Å²) in [6.45, 7) is 2.51. The number of nitrogens with zero attached hydrogens (tertiary/aromatic N) is 2. The number of thioether (sulfide) groups is 1. The second-order valence-electron chi connectivity index (χ2n) is 4.51. The van der Waals surface area contributed by atoms with Gasteiger partial charge in [0.2, 0.25) is 5.89 Å². The number of ether oxygens (including phenoxy) is 1. The first-order valence-electron chi connectivity index (χ1n) is 6.45. The lowest BCUT2D eigenvalue weighted by Crippen LogP contribution is -2.24. The molecule has 1 aromatic carbocycles. The Morgan fingerprint density at radius 3 is 3.00 bits per heavy atom. The number of methoxy groups -OCH3 is 1. The summed E-state index contributed by atoms with van der Waals surface area (Å²) in [7, 11) is 1.63. The molecule has 1 atom stereocenters. The average molecular weight is 293 g/mol. The number of aryl methyl sites for hydroxylation is 1. The summed E-state index contributed by atoms with van der Waals surface area (Å²) in [4.78, 5) is 5.55. The van der Waals surface area contributed by atoms with Gasteiger partial charge in [-0.3, -0.25) is 0 Å². The Morgan fingerprint density at radius 2 is 2.30 bits per heavy atom. The third kappa shape index (κ3) is 4.33. The molecule has 0 spiro atoms. The van der Waals surface area contributed by atoms with E-state index in [1.54, 1.807) is 18.9 Å². The molecule has 1 heterocycles. The number of rotatable bonds is 7. The Labute approximate surface area is 122 Å². The maximum atomic E-state index is 5.57. The Hall–Kier alpha value is -1.37. The second-order valence-corrected chi connectivity index (χ2v) is 5.56. The van der Waals surface area contributed by atoms with Crippen molar-refractivity contribution >= 4 is 11.8 Å². The van der Waals surface area contributed by atoms with Gasteiger partial charge in [-0.2, -0.15) is 4.98 Å². The third-order valence-electron chi connectivity index (χ3n) is 2.87. The highest BCUT2D eigenvalue weighted by atomic mass is 32.2. The second kappa shape index (κ2) is 7.42. The molecule has 0 aliphatic heterocycles. The van der Waals surface area contributed by atoms with Crippen molar-refractivity contribution in [3.63, 3.8) is 0 Å². The van der Waals surface area contributed by atoms with Gasteiger partial charge in [0.1, 0.15) is 0 Å². The van der Waals surface area contributed by atoms with Gasteiger partial charge in [0, 0.05) is 18.6 Å². The van der Waals surface area contributed by atoms with Crippen LogP contribution in [0.3, 0.4) is 0 Å². The van der Waals surface area contributed by atoms with E-state index in [1.807, 2.05) is 6.07 Å². The number of hydrogen-bond donors (Lipinski definition) is 1. The smallest absolute Gasteiger partial charge is 0.229 e. The zero-order chi connectivity index (χ0) is 14.4. The lowest BCUT2D eigenvalue weighted by atomic mass is 10.2. The van der Waals surface area contributed by atoms with E-state index < -0.39 is 0 Å². The molecule has 0 aliphatic carbocycles. The molecule has 1 unspecified atom stereocenters. The van der Waals surface area contributed by atoms with Crippen molar-refractivity contribution in [1.82, 2.24) is 10.1 Å². The quantitative estimate of drug-likeness (QED) is 0.789. The van der Waals surface area contributed by atoms with E-state index in [0.29, 0.717) is 30.4 Å². The molecule has 1 aromatic heterocycles. The minimum absolute atomic E-state index is 0.0762. The molecule has 108 valence electrons. The SMILES string of the molecule is COC(CN)Cc1nc(CSc2cccc(C)c2)no1. The molecular formula is C14H19N3O2S. The Kier molecular flexibility index (Phi) is 5.58. The summed E-state index contributed by atoms with van der Waals surface area (Å²) < 4.78 is 10.4. The predicted octanol–water partition coefficient (Wildman–Crippen LogP) is 2.19. The number of hydrogen-bond acceptors (Lipinski definition) is 6. The van der Waals surface area contributed by atoms with Crippen LogP contribution in [0, 0.1) is 6.92 Å². The van der Waals surface area contributed by atoms with Crippen LogP contribution in [0.2, 0.25) is 0 Å².